The van der Waals surface area contributed by atoms with Gasteiger partial charge in [-0.1, -0.05) is 12.1 Å². The molecule has 0 spiro atoms. The maximum atomic E-state index is 12.9. The first kappa shape index (κ1) is 14.1. The highest BCUT2D eigenvalue weighted by atomic mass is 32.1. The molecule has 5 heteroatoms. The molecule has 0 fully saturated rings. The van der Waals surface area contributed by atoms with Crippen LogP contribution in [0.3, 0.4) is 0 Å². The number of benzene rings is 1. The molecule has 102 valence electrons. The van der Waals surface area contributed by atoms with Crippen LogP contribution in [0.15, 0.2) is 29.6 Å². The number of hydrogen-bond acceptors (Lipinski definition) is 2. The lowest BCUT2D eigenvalue weighted by Crippen LogP contribution is -2.20. The fourth-order valence-corrected chi connectivity index (χ4v) is 2.93. The zero-order chi connectivity index (χ0) is 13.8. The van der Waals surface area contributed by atoms with Crippen molar-refractivity contribution in [3.05, 3.63) is 46.6 Å². The Hall–Kier alpha value is -1.33. The molecule has 0 aliphatic carbocycles. The second-order valence-corrected chi connectivity index (χ2v) is 5.12. The molecule has 0 amide bonds. The van der Waals surface area contributed by atoms with Crippen molar-refractivity contribution >= 4 is 11.3 Å². The predicted molar refractivity (Wildman–Crippen MR) is 72.2 cm³/mol. The Labute approximate surface area is 114 Å². The molecule has 0 aliphatic heterocycles. The Balaban J connectivity index is 2.11. The molecule has 1 aromatic heterocycles. The van der Waals surface area contributed by atoms with Crippen molar-refractivity contribution in [2.45, 2.75) is 19.9 Å². The first-order valence-electron chi connectivity index (χ1n) is 5.89. The molecular weight excluding hydrogens is 271 g/mol. The lowest BCUT2D eigenvalue weighted by atomic mass is 10.1. The van der Waals surface area contributed by atoms with Crippen LogP contribution >= 0.6 is 11.3 Å². The van der Waals surface area contributed by atoms with Crippen molar-refractivity contribution in [3.8, 4) is 10.4 Å². The average molecular weight is 285 g/mol. The maximum absolute atomic E-state index is 12.9. The van der Waals surface area contributed by atoms with E-state index in [2.05, 4.69) is 5.32 Å². The van der Waals surface area contributed by atoms with Crippen LogP contribution in [-0.2, 0) is 6.54 Å². The second-order valence-electron chi connectivity index (χ2n) is 4.24. The van der Waals surface area contributed by atoms with E-state index in [1.165, 1.54) is 12.1 Å². The standard InChI is InChI=1S/C14H14F3NS/c1-9-11(6-18-7-13(16)17)8-19-14(9)10-2-4-12(15)5-3-10/h2-5,8,13,18H,6-7H2,1H3. The van der Waals surface area contributed by atoms with Gasteiger partial charge >= 0.3 is 0 Å². The number of thiophene rings is 1. The normalized spacial score (nSPS) is 11.2. The summed E-state index contributed by atoms with van der Waals surface area (Å²) in [5.74, 6) is -0.267. The molecule has 2 rings (SSSR count). The summed E-state index contributed by atoms with van der Waals surface area (Å²) in [6, 6.07) is 6.29. The summed E-state index contributed by atoms with van der Waals surface area (Å²) < 4.78 is 37.0. The molecule has 1 nitrogen and oxygen atoms in total. The van der Waals surface area contributed by atoms with E-state index >= 15 is 0 Å². The molecular formula is C14H14F3NS. The monoisotopic (exact) mass is 285 g/mol. The fraction of sp³-hybridized carbons (Fsp3) is 0.286. The molecule has 19 heavy (non-hydrogen) atoms. The number of halogens is 3. The van der Waals surface area contributed by atoms with Gasteiger partial charge in [0, 0.05) is 11.4 Å². The molecule has 2 aromatic rings. The average Bonchev–Trinajstić information content (AvgIpc) is 2.72. The minimum absolute atomic E-state index is 0.267. The van der Waals surface area contributed by atoms with E-state index < -0.39 is 6.43 Å². The van der Waals surface area contributed by atoms with Crippen LogP contribution in [0, 0.1) is 12.7 Å². The van der Waals surface area contributed by atoms with Crippen LogP contribution < -0.4 is 5.32 Å². The summed E-state index contributed by atoms with van der Waals surface area (Å²) in [4.78, 5) is 1.05. The van der Waals surface area contributed by atoms with Gasteiger partial charge in [0.05, 0.1) is 6.54 Å². The van der Waals surface area contributed by atoms with E-state index in [1.807, 2.05) is 12.3 Å². The number of alkyl halides is 2. The first-order chi connectivity index (χ1) is 9.08. The van der Waals surface area contributed by atoms with Crippen LogP contribution in [0.1, 0.15) is 11.1 Å². The molecule has 0 saturated heterocycles. The van der Waals surface area contributed by atoms with Crippen LogP contribution in [0.4, 0.5) is 13.2 Å². The Morgan fingerprint density at radius 2 is 1.89 bits per heavy atom. The van der Waals surface area contributed by atoms with Crippen LogP contribution in [0.25, 0.3) is 10.4 Å². The SMILES string of the molecule is Cc1c(CNCC(F)F)csc1-c1ccc(F)cc1. The van der Waals surface area contributed by atoms with Crippen molar-refractivity contribution < 1.29 is 13.2 Å². The highest BCUT2D eigenvalue weighted by molar-refractivity contribution is 7.14. The number of nitrogens with one attached hydrogen (secondary N) is 1. The third-order valence-corrected chi connectivity index (χ3v) is 4.04. The largest absolute Gasteiger partial charge is 0.307 e. The second kappa shape index (κ2) is 6.21. The Kier molecular flexibility index (Phi) is 4.61. The van der Waals surface area contributed by atoms with Crippen molar-refractivity contribution in [2.75, 3.05) is 6.54 Å². The molecule has 0 unspecified atom stereocenters. The summed E-state index contributed by atoms with van der Waals surface area (Å²) in [5.41, 5.74) is 3.01. The molecule has 0 saturated carbocycles. The predicted octanol–water partition coefficient (Wildman–Crippen LogP) is 4.22. The lowest BCUT2D eigenvalue weighted by molar-refractivity contribution is 0.145. The minimum Gasteiger partial charge on any atom is -0.307 e. The van der Waals surface area contributed by atoms with E-state index in [1.54, 1.807) is 23.5 Å². The van der Waals surface area contributed by atoms with Gasteiger partial charge in [0.25, 0.3) is 6.43 Å². The zero-order valence-corrected chi connectivity index (χ0v) is 11.2. The highest BCUT2D eigenvalue weighted by Crippen LogP contribution is 2.32. The molecule has 1 heterocycles. The third kappa shape index (κ3) is 3.58. The third-order valence-electron chi connectivity index (χ3n) is 2.86. The van der Waals surface area contributed by atoms with E-state index in [4.69, 9.17) is 0 Å². The van der Waals surface area contributed by atoms with Crippen molar-refractivity contribution in [2.24, 2.45) is 0 Å². The first-order valence-corrected chi connectivity index (χ1v) is 6.77. The zero-order valence-electron chi connectivity index (χ0n) is 10.4. The van der Waals surface area contributed by atoms with Gasteiger partial charge < -0.3 is 5.32 Å². The summed E-state index contributed by atoms with van der Waals surface area (Å²) in [6.07, 6.45) is -2.34. The summed E-state index contributed by atoms with van der Waals surface area (Å²) in [5, 5.41) is 4.66. The fourth-order valence-electron chi connectivity index (χ4n) is 1.83. The topological polar surface area (TPSA) is 12.0 Å². The van der Waals surface area contributed by atoms with Gasteiger partial charge in [0.2, 0.25) is 0 Å². The van der Waals surface area contributed by atoms with Gasteiger partial charge in [-0.25, -0.2) is 13.2 Å². The van der Waals surface area contributed by atoms with Gasteiger partial charge in [-0.15, -0.1) is 11.3 Å². The van der Waals surface area contributed by atoms with Gasteiger partial charge in [0.1, 0.15) is 5.82 Å². The Morgan fingerprint density at radius 3 is 2.53 bits per heavy atom. The molecule has 1 aromatic carbocycles. The molecule has 0 aliphatic rings. The van der Waals surface area contributed by atoms with E-state index in [-0.39, 0.29) is 12.4 Å². The smallest absolute Gasteiger partial charge is 0.250 e. The highest BCUT2D eigenvalue weighted by Gasteiger charge is 2.10. The van der Waals surface area contributed by atoms with Gasteiger partial charge in [-0.2, -0.15) is 0 Å². The van der Waals surface area contributed by atoms with E-state index in [0.717, 1.165) is 21.6 Å². The number of rotatable bonds is 5. The van der Waals surface area contributed by atoms with Gasteiger partial charge in [-0.05, 0) is 41.1 Å². The molecule has 0 radical (unpaired) electrons. The summed E-state index contributed by atoms with van der Waals surface area (Å²) >= 11 is 1.54. The molecule has 0 bridgehead atoms. The minimum atomic E-state index is -2.34. The van der Waals surface area contributed by atoms with Gasteiger partial charge in [0.15, 0.2) is 0 Å². The van der Waals surface area contributed by atoms with Crippen LogP contribution in [-0.4, -0.2) is 13.0 Å². The quantitative estimate of drug-likeness (QED) is 0.867. The summed E-state index contributed by atoms with van der Waals surface area (Å²) in [7, 11) is 0. The van der Waals surface area contributed by atoms with Crippen molar-refractivity contribution in [3.63, 3.8) is 0 Å². The van der Waals surface area contributed by atoms with Crippen molar-refractivity contribution in [1.82, 2.24) is 5.32 Å². The molecule has 1 N–H and O–H groups in total. The van der Waals surface area contributed by atoms with Crippen LogP contribution in [0.5, 0.6) is 0 Å². The van der Waals surface area contributed by atoms with E-state index in [9.17, 15) is 13.2 Å². The van der Waals surface area contributed by atoms with Crippen molar-refractivity contribution in [1.29, 1.82) is 0 Å². The summed E-state index contributed by atoms with van der Waals surface area (Å²) in [6.45, 7) is 2.07. The molecule has 0 atom stereocenters. The number of hydrogen-bond donors (Lipinski definition) is 1. The Bertz CT molecular complexity index is 534. The van der Waals surface area contributed by atoms with Gasteiger partial charge in [-0.3, -0.25) is 0 Å². The van der Waals surface area contributed by atoms with Crippen LogP contribution in [0.2, 0.25) is 0 Å². The maximum Gasteiger partial charge on any atom is 0.250 e. The van der Waals surface area contributed by atoms with E-state index in [0.29, 0.717) is 6.54 Å². The Morgan fingerprint density at radius 1 is 1.21 bits per heavy atom. The lowest BCUT2D eigenvalue weighted by Gasteiger charge is -2.05.